The maximum Gasteiger partial charge on any atom is 0.0888 e. The van der Waals surface area contributed by atoms with Crippen molar-refractivity contribution in [2.45, 2.75) is 32.3 Å². The molecule has 0 aliphatic heterocycles. The summed E-state index contributed by atoms with van der Waals surface area (Å²) in [6.45, 7) is 1.53. The maximum atomic E-state index is 5.71. The lowest BCUT2D eigenvalue weighted by molar-refractivity contribution is 0.0867. The fourth-order valence-electron chi connectivity index (χ4n) is 2.22. The third-order valence-corrected chi connectivity index (χ3v) is 3.18. The molecule has 1 fully saturated rings. The first-order valence-corrected chi connectivity index (χ1v) is 6.09. The van der Waals surface area contributed by atoms with Crippen LogP contribution in [-0.2, 0) is 11.3 Å². The minimum absolute atomic E-state index is 0.631. The Bertz CT molecular complexity index is 321. The predicted octanol–water partition coefficient (Wildman–Crippen LogP) is 2.83. The highest BCUT2D eigenvalue weighted by Gasteiger charge is 2.14. The normalized spacial score (nSPS) is 16.6. The minimum atomic E-state index is 0.631. The van der Waals surface area contributed by atoms with Crippen LogP contribution < -0.4 is 5.32 Å². The lowest BCUT2D eigenvalue weighted by Gasteiger charge is -2.09. The number of hydrogen-bond acceptors (Lipinski definition) is 3. The van der Waals surface area contributed by atoms with Gasteiger partial charge in [-0.05, 0) is 30.9 Å². The Kier molecular flexibility index (Phi) is 4.17. The van der Waals surface area contributed by atoms with E-state index < -0.39 is 0 Å². The zero-order valence-corrected chi connectivity index (χ0v) is 9.91. The summed E-state index contributed by atoms with van der Waals surface area (Å²) in [5.41, 5.74) is 2.10. The molecule has 0 saturated heterocycles. The molecule has 0 unspecified atom stereocenters. The van der Waals surface area contributed by atoms with Crippen molar-refractivity contribution < 1.29 is 4.74 Å². The molecular weight excluding hydrogens is 200 g/mol. The molecule has 1 aliphatic carbocycles. The molecule has 16 heavy (non-hydrogen) atoms. The Morgan fingerprint density at radius 2 is 2.25 bits per heavy atom. The Hall–Kier alpha value is -1.09. The summed E-state index contributed by atoms with van der Waals surface area (Å²) < 4.78 is 5.71. The first-order valence-electron chi connectivity index (χ1n) is 6.09. The van der Waals surface area contributed by atoms with Crippen LogP contribution in [0.25, 0.3) is 0 Å². The standard InChI is InChI=1S/C13H20N2O/c1-14-12-6-7-15-13(8-12)10-16-9-11-4-2-3-5-11/h6-8,11H,2-5,9-10H2,1H3,(H,14,15). The van der Waals surface area contributed by atoms with Crippen LogP contribution in [0, 0.1) is 5.92 Å². The summed E-state index contributed by atoms with van der Waals surface area (Å²) in [5, 5.41) is 3.10. The minimum Gasteiger partial charge on any atom is -0.388 e. The smallest absolute Gasteiger partial charge is 0.0888 e. The Morgan fingerprint density at radius 3 is 3.00 bits per heavy atom. The molecule has 0 spiro atoms. The van der Waals surface area contributed by atoms with Crippen molar-refractivity contribution in [3.05, 3.63) is 24.0 Å². The van der Waals surface area contributed by atoms with E-state index in [1.165, 1.54) is 25.7 Å². The second-order valence-corrected chi connectivity index (χ2v) is 4.45. The molecule has 1 aromatic rings. The predicted molar refractivity (Wildman–Crippen MR) is 65.4 cm³/mol. The van der Waals surface area contributed by atoms with Crippen molar-refractivity contribution in [2.24, 2.45) is 5.92 Å². The molecule has 0 atom stereocenters. The Morgan fingerprint density at radius 1 is 1.44 bits per heavy atom. The van der Waals surface area contributed by atoms with E-state index >= 15 is 0 Å². The van der Waals surface area contributed by atoms with Gasteiger partial charge in [-0.25, -0.2) is 0 Å². The number of hydrogen-bond donors (Lipinski definition) is 1. The van der Waals surface area contributed by atoms with E-state index in [1.54, 1.807) is 0 Å². The highest BCUT2D eigenvalue weighted by molar-refractivity contribution is 5.42. The van der Waals surface area contributed by atoms with Gasteiger partial charge in [0, 0.05) is 25.5 Å². The third kappa shape index (κ3) is 3.20. The van der Waals surface area contributed by atoms with Gasteiger partial charge in [0.25, 0.3) is 0 Å². The summed E-state index contributed by atoms with van der Waals surface area (Å²) in [7, 11) is 1.92. The Balaban J connectivity index is 1.75. The summed E-state index contributed by atoms with van der Waals surface area (Å²) in [4.78, 5) is 4.29. The van der Waals surface area contributed by atoms with Crippen LogP contribution in [0.15, 0.2) is 18.3 Å². The first kappa shape index (κ1) is 11.4. The van der Waals surface area contributed by atoms with Gasteiger partial charge < -0.3 is 10.1 Å². The average Bonchev–Trinajstić information content (AvgIpc) is 2.82. The highest BCUT2D eigenvalue weighted by atomic mass is 16.5. The van der Waals surface area contributed by atoms with Crippen molar-refractivity contribution in [3.8, 4) is 0 Å². The van der Waals surface area contributed by atoms with Gasteiger partial charge in [-0.3, -0.25) is 4.98 Å². The molecule has 88 valence electrons. The fraction of sp³-hybridized carbons (Fsp3) is 0.615. The fourth-order valence-corrected chi connectivity index (χ4v) is 2.22. The average molecular weight is 220 g/mol. The molecule has 1 heterocycles. The summed E-state index contributed by atoms with van der Waals surface area (Å²) in [6.07, 6.45) is 7.25. The topological polar surface area (TPSA) is 34.2 Å². The second kappa shape index (κ2) is 5.85. The van der Waals surface area contributed by atoms with Gasteiger partial charge in [0.15, 0.2) is 0 Å². The number of rotatable bonds is 5. The monoisotopic (exact) mass is 220 g/mol. The molecule has 0 amide bonds. The van der Waals surface area contributed by atoms with Gasteiger partial charge in [-0.1, -0.05) is 12.8 Å². The molecule has 1 saturated carbocycles. The van der Waals surface area contributed by atoms with Crippen LogP contribution in [0.5, 0.6) is 0 Å². The number of pyridine rings is 1. The van der Waals surface area contributed by atoms with Gasteiger partial charge in [0.2, 0.25) is 0 Å². The van der Waals surface area contributed by atoms with Gasteiger partial charge >= 0.3 is 0 Å². The number of ether oxygens (including phenoxy) is 1. The van der Waals surface area contributed by atoms with E-state index in [-0.39, 0.29) is 0 Å². The van der Waals surface area contributed by atoms with E-state index in [4.69, 9.17) is 4.74 Å². The summed E-state index contributed by atoms with van der Waals surface area (Å²) in [6, 6.07) is 4.00. The number of aromatic nitrogens is 1. The number of nitrogens with zero attached hydrogens (tertiary/aromatic N) is 1. The second-order valence-electron chi connectivity index (χ2n) is 4.45. The van der Waals surface area contributed by atoms with Gasteiger partial charge in [0.1, 0.15) is 0 Å². The molecule has 1 N–H and O–H groups in total. The van der Waals surface area contributed by atoms with Crippen LogP contribution in [0.4, 0.5) is 5.69 Å². The van der Waals surface area contributed by atoms with Gasteiger partial charge in [0.05, 0.1) is 12.3 Å². The largest absolute Gasteiger partial charge is 0.388 e. The van der Waals surface area contributed by atoms with Crippen LogP contribution >= 0.6 is 0 Å². The van der Waals surface area contributed by atoms with Crippen LogP contribution in [-0.4, -0.2) is 18.6 Å². The van der Waals surface area contributed by atoms with Crippen molar-refractivity contribution in [3.63, 3.8) is 0 Å². The Labute approximate surface area is 97.2 Å². The molecule has 1 aliphatic rings. The maximum absolute atomic E-state index is 5.71. The lowest BCUT2D eigenvalue weighted by Crippen LogP contribution is -2.06. The van der Waals surface area contributed by atoms with E-state index in [2.05, 4.69) is 10.3 Å². The van der Waals surface area contributed by atoms with Crippen LogP contribution in [0.2, 0.25) is 0 Å². The molecule has 0 bridgehead atoms. The molecule has 3 nitrogen and oxygen atoms in total. The van der Waals surface area contributed by atoms with E-state index in [0.717, 1.165) is 23.9 Å². The quantitative estimate of drug-likeness (QED) is 0.828. The zero-order chi connectivity index (χ0) is 11.2. The molecular formula is C13H20N2O. The van der Waals surface area contributed by atoms with Crippen molar-refractivity contribution in [2.75, 3.05) is 19.0 Å². The summed E-state index contributed by atoms with van der Waals surface area (Å²) in [5.74, 6) is 0.785. The summed E-state index contributed by atoms with van der Waals surface area (Å²) >= 11 is 0. The van der Waals surface area contributed by atoms with E-state index in [1.807, 2.05) is 25.4 Å². The van der Waals surface area contributed by atoms with Crippen molar-refractivity contribution in [1.29, 1.82) is 0 Å². The molecule has 1 aromatic heterocycles. The van der Waals surface area contributed by atoms with Crippen molar-refractivity contribution in [1.82, 2.24) is 4.98 Å². The first-order chi connectivity index (χ1) is 7.88. The van der Waals surface area contributed by atoms with E-state index in [9.17, 15) is 0 Å². The van der Waals surface area contributed by atoms with E-state index in [0.29, 0.717) is 6.61 Å². The third-order valence-electron chi connectivity index (χ3n) is 3.18. The zero-order valence-electron chi connectivity index (χ0n) is 9.91. The molecule has 0 aromatic carbocycles. The lowest BCUT2D eigenvalue weighted by atomic mass is 10.1. The SMILES string of the molecule is CNc1ccnc(COCC2CCCC2)c1. The van der Waals surface area contributed by atoms with Gasteiger partial charge in [-0.15, -0.1) is 0 Å². The van der Waals surface area contributed by atoms with Crippen LogP contribution in [0.3, 0.4) is 0 Å². The van der Waals surface area contributed by atoms with Crippen LogP contribution in [0.1, 0.15) is 31.4 Å². The highest BCUT2D eigenvalue weighted by Crippen LogP contribution is 2.24. The van der Waals surface area contributed by atoms with Crippen molar-refractivity contribution >= 4 is 5.69 Å². The molecule has 0 radical (unpaired) electrons. The molecule has 3 heteroatoms. The number of nitrogens with one attached hydrogen (secondary N) is 1. The molecule has 2 rings (SSSR count). The number of anilines is 1. The van der Waals surface area contributed by atoms with Gasteiger partial charge in [-0.2, -0.15) is 0 Å².